The van der Waals surface area contributed by atoms with Gasteiger partial charge in [-0.1, -0.05) is 44.0 Å². The molecule has 0 unspecified atom stereocenters. The van der Waals surface area contributed by atoms with E-state index in [1.807, 2.05) is 53.2 Å². The molecule has 0 amide bonds. The summed E-state index contributed by atoms with van der Waals surface area (Å²) in [7, 11) is 0. The number of carbonyl (C=O) groups excluding carboxylic acids is 1. The highest BCUT2D eigenvalue weighted by molar-refractivity contribution is 9.10. The molecule has 0 spiro atoms. The van der Waals surface area contributed by atoms with Gasteiger partial charge in [-0.3, -0.25) is 4.79 Å². The summed E-state index contributed by atoms with van der Waals surface area (Å²) in [5.41, 5.74) is 1.79. The van der Waals surface area contributed by atoms with Gasteiger partial charge in [0.05, 0.1) is 6.54 Å². The maximum Gasteiger partial charge on any atom is 0.182 e. The third-order valence-electron chi connectivity index (χ3n) is 3.19. The van der Waals surface area contributed by atoms with Crippen LogP contribution in [-0.4, -0.2) is 10.4 Å². The first-order valence-corrected chi connectivity index (χ1v) is 7.75. The predicted molar refractivity (Wildman–Crippen MR) is 88.1 cm³/mol. The number of aromatic nitrogens is 1. The summed E-state index contributed by atoms with van der Waals surface area (Å²) in [5.74, 6) is 0.103. The van der Waals surface area contributed by atoms with E-state index in [9.17, 15) is 4.79 Å². The van der Waals surface area contributed by atoms with Crippen LogP contribution >= 0.6 is 31.9 Å². The number of ketones is 1. The van der Waals surface area contributed by atoms with Crippen molar-refractivity contribution in [3.63, 3.8) is 0 Å². The number of benzene rings is 2. The minimum absolute atomic E-state index is 0.103. The molecule has 3 aromatic rings. The molecule has 4 heteroatoms. The third kappa shape index (κ3) is 2.72. The average Bonchev–Trinajstić information content (AvgIpc) is 2.81. The molecule has 0 aliphatic carbocycles. The molecular weight excluding hydrogens is 382 g/mol. The van der Waals surface area contributed by atoms with Crippen LogP contribution in [0.15, 0.2) is 63.7 Å². The van der Waals surface area contributed by atoms with E-state index >= 15 is 0 Å². The quantitative estimate of drug-likeness (QED) is 0.571. The fourth-order valence-electron chi connectivity index (χ4n) is 2.22. The number of nitrogens with zero attached hydrogens (tertiary/aromatic N) is 1. The summed E-state index contributed by atoms with van der Waals surface area (Å²) in [6.45, 7) is 0.349. The standard InChI is InChI=1S/C16H11Br2NO/c17-13-3-1-2-12(9-13)16(20)10-19-7-6-11-8-14(18)4-5-15(11)19/h1-9H,10H2. The van der Waals surface area contributed by atoms with Gasteiger partial charge in [0.25, 0.3) is 0 Å². The van der Waals surface area contributed by atoms with E-state index in [1.165, 1.54) is 0 Å². The van der Waals surface area contributed by atoms with Crippen LogP contribution in [-0.2, 0) is 6.54 Å². The van der Waals surface area contributed by atoms with Crippen molar-refractivity contribution in [3.8, 4) is 0 Å². The van der Waals surface area contributed by atoms with E-state index in [0.29, 0.717) is 6.54 Å². The Morgan fingerprint density at radius 3 is 2.60 bits per heavy atom. The van der Waals surface area contributed by atoms with Gasteiger partial charge >= 0.3 is 0 Å². The van der Waals surface area contributed by atoms with Crippen molar-refractivity contribution in [3.05, 3.63) is 69.2 Å². The van der Waals surface area contributed by atoms with Crippen molar-refractivity contribution in [2.45, 2.75) is 6.54 Å². The summed E-state index contributed by atoms with van der Waals surface area (Å²) in [5, 5.41) is 1.13. The molecule has 1 heterocycles. The van der Waals surface area contributed by atoms with Crippen molar-refractivity contribution >= 4 is 48.5 Å². The largest absolute Gasteiger partial charge is 0.340 e. The zero-order chi connectivity index (χ0) is 14.1. The highest BCUT2D eigenvalue weighted by atomic mass is 79.9. The fourth-order valence-corrected chi connectivity index (χ4v) is 2.99. The molecule has 0 fully saturated rings. The molecule has 0 atom stereocenters. The molecule has 2 nitrogen and oxygen atoms in total. The predicted octanol–water partition coefficient (Wildman–Crippen LogP) is 5.05. The number of halogens is 2. The fraction of sp³-hybridized carbons (Fsp3) is 0.0625. The highest BCUT2D eigenvalue weighted by Gasteiger charge is 2.09. The van der Waals surface area contributed by atoms with Gasteiger partial charge in [0, 0.05) is 31.6 Å². The number of hydrogen-bond donors (Lipinski definition) is 0. The summed E-state index contributed by atoms with van der Waals surface area (Å²) in [6.07, 6.45) is 1.95. The minimum atomic E-state index is 0.103. The van der Waals surface area contributed by atoms with Gasteiger partial charge in [-0.25, -0.2) is 0 Å². The average molecular weight is 393 g/mol. The van der Waals surface area contributed by atoms with Crippen molar-refractivity contribution < 1.29 is 4.79 Å². The van der Waals surface area contributed by atoms with Crippen molar-refractivity contribution in [1.29, 1.82) is 0 Å². The van der Waals surface area contributed by atoms with E-state index in [-0.39, 0.29) is 5.78 Å². The maximum atomic E-state index is 12.3. The zero-order valence-electron chi connectivity index (χ0n) is 10.5. The Kier molecular flexibility index (Phi) is 3.76. The smallest absolute Gasteiger partial charge is 0.182 e. The van der Waals surface area contributed by atoms with Gasteiger partial charge in [0.2, 0.25) is 0 Å². The summed E-state index contributed by atoms with van der Waals surface area (Å²) in [4.78, 5) is 12.3. The summed E-state index contributed by atoms with van der Waals surface area (Å²) >= 11 is 6.85. The third-order valence-corrected chi connectivity index (χ3v) is 4.18. The molecule has 0 aliphatic heterocycles. The van der Waals surface area contributed by atoms with Gasteiger partial charge < -0.3 is 4.57 Å². The number of fused-ring (bicyclic) bond motifs is 1. The minimum Gasteiger partial charge on any atom is -0.340 e. The lowest BCUT2D eigenvalue weighted by Crippen LogP contribution is -2.09. The number of rotatable bonds is 3. The highest BCUT2D eigenvalue weighted by Crippen LogP contribution is 2.21. The van der Waals surface area contributed by atoms with Crippen LogP contribution in [0, 0.1) is 0 Å². The first kappa shape index (κ1) is 13.6. The Balaban J connectivity index is 1.91. The SMILES string of the molecule is O=C(Cn1ccc2cc(Br)ccc21)c1cccc(Br)c1. The molecule has 0 radical (unpaired) electrons. The Bertz CT molecular complexity index is 792. The second-order valence-corrected chi connectivity index (χ2v) is 6.41. The summed E-state index contributed by atoms with van der Waals surface area (Å²) < 4.78 is 3.94. The van der Waals surface area contributed by atoms with E-state index in [1.54, 1.807) is 0 Å². The van der Waals surface area contributed by atoms with Gasteiger partial charge in [0.1, 0.15) is 0 Å². The van der Waals surface area contributed by atoms with Crippen LogP contribution in [0.5, 0.6) is 0 Å². The summed E-state index contributed by atoms with van der Waals surface area (Å²) in [6, 6.07) is 15.6. The zero-order valence-corrected chi connectivity index (χ0v) is 13.7. The molecule has 1 aromatic heterocycles. The Morgan fingerprint density at radius 1 is 1.00 bits per heavy atom. The maximum absolute atomic E-state index is 12.3. The Labute approximate surface area is 133 Å². The van der Waals surface area contributed by atoms with Gasteiger partial charge in [-0.05, 0) is 36.4 Å². The number of carbonyl (C=O) groups is 1. The van der Waals surface area contributed by atoms with Crippen LogP contribution in [0.4, 0.5) is 0 Å². The molecule has 0 bridgehead atoms. The molecule has 0 saturated carbocycles. The van der Waals surface area contributed by atoms with Crippen molar-refractivity contribution in [2.24, 2.45) is 0 Å². The molecule has 2 aromatic carbocycles. The number of hydrogen-bond acceptors (Lipinski definition) is 1. The lowest BCUT2D eigenvalue weighted by atomic mass is 10.1. The van der Waals surface area contributed by atoms with Crippen LogP contribution in [0.25, 0.3) is 10.9 Å². The second-order valence-electron chi connectivity index (χ2n) is 4.58. The van der Waals surface area contributed by atoms with Crippen LogP contribution in [0.1, 0.15) is 10.4 Å². The van der Waals surface area contributed by atoms with Gasteiger partial charge in [-0.15, -0.1) is 0 Å². The normalized spacial score (nSPS) is 10.9. The Hall–Kier alpha value is -1.39. The van der Waals surface area contributed by atoms with E-state index in [4.69, 9.17) is 0 Å². The lowest BCUT2D eigenvalue weighted by Gasteiger charge is -2.05. The molecule has 100 valence electrons. The molecular formula is C16H11Br2NO. The molecule has 3 rings (SSSR count). The first-order valence-electron chi connectivity index (χ1n) is 6.17. The van der Waals surface area contributed by atoms with Crippen molar-refractivity contribution in [1.82, 2.24) is 4.57 Å². The Morgan fingerprint density at radius 2 is 1.80 bits per heavy atom. The van der Waals surface area contributed by atoms with E-state index < -0.39 is 0 Å². The monoisotopic (exact) mass is 391 g/mol. The van der Waals surface area contributed by atoms with Gasteiger partial charge in [0.15, 0.2) is 5.78 Å². The van der Waals surface area contributed by atoms with E-state index in [2.05, 4.69) is 37.9 Å². The van der Waals surface area contributed by atoms with Crippen LogP contribution < -0.4 is 0 Å². The van der Waals surface area contributed by atoms with Crippen LogP contribution in [0.3, 0.4) is 0 Å². The van der Waals surface area contributed by atoms with E-state index in [0.717, 1.165) is 25.4 Å². The molecule has 20 heavy (non-hydrogen) atoms. The number of Topliss-reactive ketones (excluding diaryl/α,β-unsaturated/α-hetero) is 1. The molecule has 0 N–H and O–H groups in total. The van der Waals surface area contributed by atoms with Gasteiger partial charge in [-0.2, -0.15) is 0 Å². The van der Waals surface area contributed by atoms with Crippen molar-refractivity contribution in [2.75, 3.05) is 0 Å². The second kappa shape index (κ2) is 5.54. The molecule has 0 saturated heterocycles. The first-order chi connectivity index (χ1) is 9.63. The molecule has 0 aliphatic rings. The topological polar surface area (TPSA) is 22.0 Å². The van der Waals surface area contributed by atoms with Crippen LogP contribution in [0.2, 0.25) is 0 Å². The lowest BCUT2D eigenvalue weighted by molar-refractivity contribution is 0.0973.